The summed E-state index contributed by atoms with van der Waals surface area (Å²) in [6.07, 6.45) is 3.39. The van der Waals surface area contributed by atoms with E-state index in [0.29, 0.717) is 24.1 Å². The van der Waals surface area contributed by atoms with E-state index < -0.39 is 0 Å². The first kappa shape index (κ1) is 23.4. The predicted molar refractivity (Wildman–Crippen MR) is 119 cm³/mol. The molecule has 8 heteroatoms. The van der Waals surface area contributed by atoms with Crippen molar-refractivity contribution in [3.8, 4) is 5.75 Å². The van der Waals surface area contributed by atoms with E-state index >= 15 is 0 Å². The molecule has 5 nitrogen and oxygen atoms in total. The van der Waals surface area contributed by atoms with Crippen LogP contribution >= 0.6 is 35.6 Å². The van der Waals surface area contributed by atoms with Gasteiger partial charge in [0.05, 0.1) is 6.61 Å². The molecule has 1 aromatic carbocycles. The van der Waals surface area contributed by atoms with Crippen LogP contribution in [-0.2, 0) is 6.42 Å². The molecule has 0 radical (unpaired) electrons. The van der Waals surface area contributed by atoms with E-state index in [2.05, 4.69) is 20.6 Å². The van der Waals surface area contributed by atoms with Crippen molar-refractivity contribution in [3.63, 3.8) is 0 Å². The fraction of sp³-hybridized carbons (Fsp3) is 0.368. The molecule has 0 aliphatic carbocycles. The zero-order valence-electron chi connectivity index (χ0n) is 15.3. The minimum atomic E-state index is -0.266. The van der Waals surface area contributed by atoms with Crippen molar-refractivity contribution in [2.75, 3.05) is 26.2 Å². The van der Waals surface area contributed by atoms with Crippen LogP contribution in [0.2, 0.25) is 5.15 Å². The second-order valence-corrected chi connectivity index (χ2v) is 5.97. The third-order valence-electron chi connectivity index (χ3n) is 3.49. The van der Waals surface area contributed by atoms with Gasteiger partial charge in [0.15, 0.2) is 5.96 Å². The van der Waals surface area contributed by atoms with Crippen molar-refractivity contribution in [1.82, 2.24) is 15.6 Å². The van der Waals surface area contributed by atoms with Gasteiger partial charge in [0.2, 0.25) is 0 Å². The normalized spacial score (nSPS) is 10.9. The van der Waals surface area contributed by atoms with Crippen LogP contribution in [0.15, 0.2) is 47.6 Å². The molecule has 0 atom stereocenters. The number of aliphatic imine (C=N–C) groups is 1. The third kappa shape index (κ3) is 9.76. The Morgan fingerprint density at radius 1 is 1.19 bits per heavy atom. The molecule has 27 heavy (non-hydrogen) atoms. The maximum absolute atomic E-state index is 12.8. The van der Waals surface area contributed by atoms with Crippen LogP contribution in [0.25, 0.3) is 0 Å². The van der Waals surface area contributed by atoms with Crippen LogP contribution in [0.4, 0.5) is 4.39 Å². The fourth-order valence-corrected chi connectivity index (χ4v) is 2.31. The summed E-state index contributed by atoms with van der Waals surface area (Å²) in [5, 5.41) is 7.01. The number of rotatable bonds is 9. The van der Waals surface area contributed by atoms with Crippen LogP contribution in [0, 0.1) is 5.82 Å². The van der Waals surface area contributed by atoms with E-state index in [-0.39, 0.29) is 29.8 Å². The molecule has 0 fully saturated rings. The maximum Gasteiger partial charge on any atom is 0.191 e. The van der Waals surface area contributed by atoms with Crippen molar-refractivity contribution in [3.05, 3.63) is 59.1 Å². The smallest absolute Gasteiger partial charge is 0.191 e. The van der Waals surface area contributed by atoms with E-state index in [4.69, 9.17) is 16.3 Å². The van der Waals surface area contributed by atoms with Gasteiger partial charge in [0, 0.05) is 32.3 Å². The SMILES string of the molecule is CCNC(=NCCCOc1ccc(F)cc1)NCCc1ccc(Cl)nc1.I. The van der Waals surface area contributed by atoms with Crippen molar-refractivity contribution >= 4 is 41.5 Å². The van der Waals surface area contributed by atoms with E-state index in [0.717, 1.165) is 37.5 Å². The van der Waals surface area contributed by atoms with Gasteiger partial charge in [-0.1, -0.05) is 17.7 Å². The number of nitrogens with one attached hydrogen (secondary N) is 2. The molecule has 1 heterocycles. The average molecular weight is 507 g/mol. The van der Waals surface area contributed by atoms with Gasteiger partial charge in [-0.3, -0.25) is 4.99 Å². The Labute approximate surface area is 181 Å². The molecule has 2 rings (SSSR count). The summed E-state index contributed by atoms with van der Waals surface area (Å²) < 4.78 is 18.4. The van der Waals surface area contributed by atoms with Crippen LogP contribution in [0.1, 0.15) is 18.9 Å². The number of ether oxygens (including phenoxy) is 1. The van der Waals surface area contributed by atoms with E-state index in [9.17, 15) is 4.39 Å². The Morgan fingerprint density at radius 2 is 1.96 bits per heavy atom. The summed E-state index contributed by atoms with van der Waals surface area (Å²) in [6, 6.07) is 9.77. The van der Waals surface area contributed by atoms with Crippen molar-refractivity contribution in [1.29, 1.82) is 0 Å². The van der Waals surface area contributed by atoms with E-state index in [1.165, 1.54) is 12.1 Å². The Balaban J connectivity index is 0.00000364. The Hall–Kier alpha value is -1.61. The summed E-state index contributed by atoms with van der Waals surface area (Å²) in [4.78, 5) is 8.59. The first-order valence-corrected chi connectivity index (χ1v) is 9.06. The largest absolute Gasteiger partial charge is 0.494 e. The number of hydrogen-bond donors (Lipinski definition) is 2. The highest BCUT2D eigenvalue weighted by molar-refractivity contribution is 14.0. The monoisotopic (exact) mass is 506 g/mol. The van der Waals surface area contributed by atoms with E-state index in [1.807, 2.05) is 13.0 Å². The maximum atomic E-state index is 12.8. The zero-order chi connectivity index (χ0) is 18.6. The lowest BCUT2D eigenvalue weighted by atomic mass is 10.2. The minimum absolute atomic E-state index is 0. The number of hydrogen-bond acceptors (Lipinski definition) is 3. The van der Waals surface area contributed by atoms with Gasteiger partial charge in [-0.15, -0.1) is 24.0 Å². The van der Waals surface area contributed by atoms with Gasteiger partial charge in [-0.25, -0.2) is 9.37 Å². The number of guanidine groups is 1. The van der Waals surface area contributed by atoms with Gasteiger partial charge in [0.1, 0.15) is 16.7 Å². The number of nitrogens with zero attached hydrogens (tertiary/aromatic N) is 2. The molecule has 148 valence electrons. The molecule has 0 saturated carbocycles. The Kier molecular flexibility index (Phi) is 11.8. The van der Waals surface area contributed by atoms with Crippen molar-refractivity contribution < 1.29 is 9.13 Å². The van der Waals surface area contributed by atoms with Crippen LogP contribution in [0.5, 0.6) is 5.75 Å². The lowest BCUT2D eigenvalue weighted by Gasteiger charge is -2.11. The lowest BCUT2D eigenvalue weighted by Crippen LogP contribution is -2.38. The standard InChI is InChI=1S/C19H24ClFN4O.HI/c1-2-22-19(24-12-10-15-4-9-18(20)25-14-15)23-11-3-13-26-17-7-5-16(21)6-8-17;/h4-9,14H,2-3,10-13H2,1H3,(H2,22,23,24);1H. The Morgan fingerprint density at radius 3 is 2.63 bits per heavy atom. The summed E-state index contributed by atoms with van der Waals surface area (Å²) in [5.41, 5.74) is 1.12. The number of benzene rings is 1. The second-order valence-electron chi connectivity index (χ2n) is 5.58. The second kappa shape index (κ2) is 13.5. The molecular weight excluding hydrogens is 482 g/mol. The quantitative estimate of drug-likeness (QED) is 0.177. The Bertz CT molecular complexity index is 683. The molecule has 0 bridgehead atoms. The highest BCUT2D eigenvalue weighted by Gasteiger charge is 1.99. The van der Waals surface area contributed by atoms with Gasteiger partial charge in [-0.05, 0) is 49.2 Å². The number of aromatic nitrogens is 1. The average Bonchev–Trinajstić information content (AvgIpc) is 2.64. The van der Waals surface area contributed by atoms with Crippen LogP contribution in [0.3, 0.4) is 0 Å². The van der Waals surface area contributed by atoms with Gasteiger partial charge < -0.3 is 15.4 Å². The number of pyridine rings is 1. The van der Waals surface area contributed by atoms with Crippen LogP contribution < -0.4 is 15.4 Å². The lowest BCUT2D eigenvalue weighted by molar-refractivity contribution is 0.313. The summed E-state index contributed by atoms with van der Waals surface area (Å²) in [6.45, 7) is 4.74. The van der Waals surface area contributed by atoms with Gasteiger partial charge in [-0.2, -0.15) is 0 Å². The summed E-state index contributed by atoms with van der Waals surface area (Å²) in [5.74, 6) is 1.17. The molecule has 0 spiro atoms. The molecule has 2 aromatic rings. The summed E-state index contributed by atoms with van der Waals surface area (Å²) in [7, 11) is 0. The van der Waals surface area contributed by atoms with Gasteiger partial charge >= 0.3 is 0 Å². The molecule has 0 unspecified atom stereocenters. The highest BCUT2D eigenvalue weighted by atomic mass is 127. The molecule has 0 aliphatic rings. The third-order valence-corrected chi connectivity index (χ3v) is 3.72. The molecule has 1 aromatic heterocycles. The predicted octanol–water partition coefficient (Wildman–Crippen LogP) is 4.06. The first-order chi connectivity index (χ1) is 12.7. The molecule has 0 amide bonds. The molecule has 0 aliphatic heterocycles. The topological polar surface area (TPSA) is 58.5 Å². The molecule has 2 N–H and O–H groups in total. The van der Waals surface area contributed by atoms with Gasteiger partial charge in [0.25, 0.3) is 0 Å². The minimum Gasteiger partial charge on any atom is -0.494 e. The van der Waals surface area contributed by atoms with Crippen molar-refractivity contribution in [2.45, 2.75) is 19.8 Å². The fourth-order valence-electron chi connectivity index (χ4n) is 2.20. The highest BCUT2D eigenvalue weighted by Crippen LogP contribution is 2.11. The molecular formula is C19H25ClFIN4O. The first-order valence-electron chi connectivity index (χ1n) is 8.68. The summed E-state index contributed by atoms with van der Waals surface area (Å²) >= 11 is 5.78. The zero-order valence-corrected chi connectivity index (χ0v) is 18.3. The van der Waals surface area contributed by atoms with Crippen molar-refractivity contribution in [2.24, 2.45) is 4.99 Å². The van der Waals surface area contributed by atoms with Crippen LogP contribution in [-0.4, -0.2) is 37.2 Å². The number of halogens is 3. The molecule has 0 saturated heterocycles. The van der Waals surface area contributed by atoms with E-state index in [1.54, 1.807) is 24.4 Å².